The lowest BCUT2D eigenvalue weighted by Crippen LogP contribution is -2.42. The highest BCUT2D eigenvalue weighted by Gasteiger charge is 2.20. The van der Waals surface area contributed by atoms with Crippen LogP contribution in [-0.2, 0) is 0 Å². The lowest BCUT2D eigenvalue weighted by Gasteiger charge is -2.27. The van der Waals surface area contributed by atoms with Gasteiger partial charge < -0.3 is 15.3 Å². The molecule has 0 aromatic rings. The highest BCUT2D eigenvalue weighted by molar-refractivity contribution is 6.18. The second-order valence-electron chi connectivity index (χ2n) is 6.33. The molecule has 1 heterocycles. The smallest absolute Gasteiger partial charge is 0.0802 e. The summed E-state index contributed by atoms with van der Waals surface area (Å²) in [5.41, 5.74) is 0. The van der Waals surface area contributed by atoms with E-state index in [2.05, 4.69) is 14.7 Å². The molecule has 3 N–H and O–H groups in total. The molecule has 0 amide bonds. The van der Waals surface area contributed by atoms with Crippen LogP contribution in [0.3, 0.4) is 0 Å². The number of aliphatic hydroxyl groups is 3. The highest BCUT2D eigenvalue weighted by atomic mass is 35.5. The molecule has 0 aromatic heterocycles. The molecule has 3 unspecified atom stereocenters. The van der Waals surface area contributed by atoms with Crippen molar-refractivity contribution in [1.29, 1.82) is 0 Å². The number of nitrogens with zero attached hydrogens (tertiary/aromatic N) is 3. The van der Waals surface area contributed by atoms with Crippen molar-refractivity contribution < 1.29 is 15.3 Å². The molecule has 144 valence electrons. The Hall–Kier alpha value is 0.630. The SMILES string of the molecule is OC(CCl)CN1CCN(CC(O)CCl)CCN(CC(O)CCl)CC1. The van der Waals surface area contributed by atoms with Gasteiger partial charge in [-0.3, -0.25) is 14.7 Å². The molecule has 1 aliphatic rings. The minimum absolute atomic E-state index is 0.208. The van der Waals surface area contributed by atoms with Gasteiger partial charge in [-0.25, -0.2) is 0 Å². The van der Waals surface area contributed by atoms with Crippen LogP contribution >= 0.6 is 34.8 Å². The second kappa shape index (κ2) is 12.9. The van der Waals surface area contributed by atoms with Crippen molar-refractivity contribution in [2.75, 3.05) is 76.5 Å². The lowest BCUT2D eigenvalue weighted by molar-refractivity contribution is 0.104. The van der Waals surface area contributed by atoms with Gasteiger partial charge in [-0.05, 0) is 0 Å². The Labute approximate surface area is 159 Å². The maximum atomic E-state index is 9.83. The molecule has 0 aromatic carbocycles. The van der Waals surface area contributed by atoms with Gasteiger partial charge in [0, 0.05) is 76.5 Å². The molecule has 0 spiro atoms. The first-order valence-corrected chi connectivity index (χ1v) is 9.98. The number of hydrogen-bond donors (Lipinski definition) is 3. The van der Waals surface area contributed by atoms with E-state index in [1.54, 1.807) is 0 Å². The Morgan fingerprint density at radius 3 is 0.917 bits per heavy atom. The Morgan fingerprint density at radius 2 is 0.750 bits per heavy atom. The van der Waals surface area contributed by atoms with Gasteiger partial charge in [0.2, 0.25) is 0 Å². The maximum Gasteiger partial charge on any atom is 0.0802 e. The van der Waals surface area contributed by atoms with E-state index in [0.717, 1.165) is 39.3 Å². The standard InChI is InChI=1S/C15H30Cl3N3O3/c16-7-13(22)10-19-1-2-20(11-14(23)8-17)5-6-21(4-3-19)12-15(24)9-18/h13-15,22-24H,1-12H2. The Morgan fingerprint density at radius 1 is 0.542 bits per heavy atom. The summed E-state index contributed by atoms with van der Waals surface area (Å²) >= 11 is 17.1. The zero-order valence-electron chi connectivity index (χ0n) is 14.0. The van der Waals surface area contributed by atoms with E-state index in [0.29, 0.717) is 19.6 Å². The van der Waals surface area contributed by atoms with Crippen molar-refractivity contribution in [2.24, 2.45) is 0 Å². The molecular formula is C15H30Cl3N3O3. The van der Waals surface area contributed by atoms with Crippen LogP contribution in [0.25, 0.3) is 0 Å². The number of halogens is 3. The molecule has 1 saturated heterocycles. The molecule has 1 rings (SSSR count). The van der Waals surface area contributed by atoms with Gasteiger partial charge in [0.25, 0.3) is 0 Å². The molecule has 0 radical (unpaired) electrons. The van der Waals surface area contributed by atoms with Crippen molar-refractivity contribution in [2.45, 2.75) is 18.3 Å². The van der Waals surface area contributed by atoms with Crippen molar-refractivity contribution in [3.63, 3.8) is 0 Å². The summed E-state index contributed by atoms with van der Waals surface area (Å²) in [6.45, 7) is 6.26. The van der Waals surface area contributed by atoms with Crippen LogP contribution in [0.15, 0.2) is 0 Å². The molecule has 1 fully saturated rings. The third-order valence-corrected chi connectivity index (χ3v) is 5.21. The molecule has 1 aliphatic heterocycles. The number of β-amino-alcohol motifs (C(OH)–C–C–N with tert-alkyl or cyclic N) is 3. The summed E-state index contributed by atoms with van der Waals surface area (Å²) in [7, 11) is 0. The third kappa shape index (κ3) is 9.36. The Bertz CT molecular complexity index is 272. The minimum atomic E-state index is -0.559. The monoisotopic (exact) mass is 405 g/mol. The quantitative estimate of drug-likeness (QED) is 0.457. The topological polar surface area (TPSA) is 70.4 Å². The van der Waals surface area contributed by atoms with Crippen LogP contribution in [0.4, 0.5) is 0 Å². The number of rotatable bonds is 9. The molecule has 3 atom stereocenters. The second-order valence-corrected chi connectivity index (χ2v) is 7.25. The Kier molecular flexibility index (Phi) is 12.2. The number of alkyl halides is 3. The van der Waals surface area contributed by atoms with Gasteiger partial charge >= 0.3 is 0 Å². The maximum absolute atomic E-state index is 9.83. The van der Waals surface area contributed by atoms with Crippen molar-refractivity contribution >= 4 is 34.8 Å². The van der Waals surface area contributed by atoms with Crippen molar-refractivity contribution in [3.05, 3.63) is 0 Å². The average molecular weight is 407 g/mol. The normalized spacial score (nSPS) is 23.2. The zero-order chi connectivity index (χ0) is 17.9. The fourth-order valence-electron chi connectivity index (χ4n) is 2.77. The molecule has 6 nitrogen and oxygen atoms in total. The molecule has 9 heteroatoms. The van der Waals surface area contributed by atoms with E-state index < -0.39 is 18.3 Å². The first-order valence-electron chi connectivity index (χ1n) is 8.37. The van der Waals surface area contributed by atoms with E-state index in [9.17, 15) is 15.3 Å². The van der Waals surface area contributed by atoms with E-state index >= 15 is 0 Å². The van der Waals surface area contributed by atoms with Gasteiger partial charge in [-0.2, -0.15) is 0 Å². The summed E-state index contributed by atoms with van der Waals surface area (Å²) in [4.78, 5) is 6.50. The molecule has 0 saturated carbocycles. The van der Waals surface area contributed by atoms with E-state index in [-0.39, 0.29) is 17.6 Å². The molecule has 0 aliphatic carbocycles. The lowest BCUT2D eigenvalue weighted by atomic mass is 10.3. The van der Waals surface area contributed by atoms with E-state index in [1.165, 1.54) is 0 Å². The largest absolute Gasteiger partial charge is 0.391 e. The first-order chi connectivity index (χ1) is 11.5. The predicted molar refractivity (Wildman–Crippen MR) is 99.5 cm³/mol. The third-order valence-electron chi connectivity index (χ3n) is 4.14. The summed E-state index contributed by atoms with van der Waals surface area (Å²) in [5, 5.41) is 29.5. The fourth-order valence-corrected chi connectivity index (χ4v) is 3.06. The minimum Gasteiger partial charge on any atom is -0.391 e. The van der Waals surface area contributed by atoms with Crippen LogP contribution in [0.2, 0.25) is 0 Å². The predicted octanol–water partition coefficient (Wildman–Crippen LogP) is -0.295. The van der Waals surface area contributed by atoms with Crippen LogP contribution < -0.4 is 0 Å². The van der Waals surface area contributed by atoms with Crippen LogP contribution in [-0.4, -0.2) is 125 Å². The summed E-state index contributed by atoms with van der Waals surface area (Å²) < 4.78 is 0. The zero-order valence-corrected chi connectivity index (χ0v) is 16.3. The van der Waals surface area contributed by atoms with Crippen LogP contribution in [0.1, 0.15) is 0 Å². The van der Waals surface area contributed by atoms with Gasteiger partial charge in [0.05, 0.1) is 18.3 Å². The van der Waals surface area contributed by atoms with E-state index in [4.69, 9.17) is 34.8 Å². The average Bonchev–Trinajstić information content (AvgIpc) is 2.67. The first kappa shape index (κ1) is 22.7. The van der Waals surface area contributed by atoms with Crippen LogP contribution in [0.5, 0.6) is 0 Å². The van der Waals surface area contributed by atoms with Gasteiger partial charge in [-0.1, -0.05) is 0 Å². The molecule has 24 heavy (non-hydrogen) atoms. The molecule has 0 bridgehead atoms. The summed E-state index contributed by atoms with van der Waals surface area (Å²) in [5.74, 6) is 0.625. The fraction of sp³-hybridized carbons (Fsp3) is 1.00. The molecular weight excluding hydrogens is 377 g/mol. The van der Waals surface area contributed by atoms with Gasteiger partial charge in [0.1, 0.15) is 0 Å². The number of aliphatic hydroxyl groups excluding tert-OH is 3. The van der Waals surface area contributed by atoms with Gasteiger partial charge in [0.15, 0.2) is 0 Å². The number of hydrogen-bond acceptors (Lipinski definition) is 6. The highest BCUT2D eigenvalue weighted by Crippen LogP contribution is 2.05. The van der Waals surface area contributed by atoms with Crippen molar-refractivity contribution in [3.8, 4) is 0 Å². The van der Waals surface area contributed by atoms with Gasteiger partial charge in [-0.15, -0.1) is 34.8 Å². The summed E-state index contributed by atoms with van der Waals surface area (Å²) in [6.07, 6.45) is -1.68. The summed E-state index contributed by atoms with van der Waals surface area (Å²) in [6, 6.07) is 0. The van der Waals surface area contributed by atoms with Crippen LogP contribution in [0, 0.1) is 0 Å². The van der Waals surface area contributed by atoms with E-state index in [1.807, 2.05) is 0 Å². The van der Waals surface area contributed by atoms with Crippen molar-refractivity contribution in [1.82, 2.24) is 14.7 Å². The Balaban J connectivity index is 2.67.